The summed E-state index contributed by atoms with van der Waals surface area (Å²) in [5.41, 5.74) is 1.63. The number of hydrogen-bond donors (Lipinski definition) is 2. The minimum absolute atomic E-state index is 0.301. The third-order valence-corrected chi connectivity index (χ3v) is 6.26. The molecular weight excluding hydrogens is 288 g/mol. The number of carbonyl (C=O) groups excluding carboxylic acids is 1. The summed E-state index contributed by atoms with van der Waals surface area (Å²) in [6, 6.07) is 7.56. The Hall–Kier alpha value is -1.55. The number of amides is 1. The van der Waals surface area contributed by atoms with Gasteiger partial charge in [0.25, 0.3) is 0 Å². The standard InChI is InChI=1S/C19H26N2O2/c22-16-3-1-14(2-4-16)15-5-11-21(12-6-15)18(23)17-13-19(17)7-9-20-10-8-19/h1-4,15,17,20,22H,5-13H2. The number of piperidine rings is 2. The average Bonchev–Trinajstić information content (AvgIpc) is 3.28. The van der Waals surface area contributed by atoms with Crippen LogP contribution in [-0.2, 0) is 4.79 Å². The second-order valence-corrected chi connectivity index (χ2v) is 7.56. The minimum atomic E-state index is 0.301. The second-order valence-electron chi connectivity index (χ2n) is 7.56. The molecule has 3 aliphatic rings. The van der Waals surface area contributed by atoms with Gasteiger partial charge in [0.05, 0.1) is 0 Å². The van der Waals surface area contributed by atoms with Gasteiger partial charge in [0, 0.05) is 19.0 Å². The van der Waals surface area contributed by atoms with Crippen LogP contribution in [0.4, 0.5) is 0 Å². The van der Waals surface area contributed by atoms with Crippen molar-refractivity contribution in [3.63, 3.8) is 0 Å². The lowest BCUT2D eigenvalue weighted by molar-refractivity contribution is -0.134. The first-order valence-corrected chi connectivity index (χ1v) is 8.96. The lowest BCUT2D eigenvalue weighted by Gasteiger charge is -2.33. The van der Waals surface area contributed by atoms with Gasteiger partial charge in [-0.3, -0.25) is 4.79 Å². The van der Waals surface area contributed by atoms with Crippen molar-refractivity contribution in [3.05, 3.63) is 29.8 Å². The van der Waals surface area contributed by atoms with Crippen LogP contribution in [0, 0.1) is 11.3 Å². The van der Waals surface area contributed by atoms with E-state index < -0.39 is 0 Å². The molecule has 2 aliphatic heterocycles. The van der Waals surface area contributed by atoms with Crippen LogP contribution < -0.4 is 5.32 Å². The maximum absolute atomic E-state index is 12.8. The van der Waals surface area contributed by atoms with Crippen LogP contribution >= 0.6 is 0 Å². The molecule has 0 aromatic heterocycles. The van der Waals surface area contributed by atoms with Crippen molar-refractivity contribution in [3.8, 4) is 5.75 Å². The molecule has 1 saturated carbocycles. The van der Waals surface area contributed by atoms with Crippen LogP contribution in [0.15, 0.2) is 24.3 Å². The molecule has 3 fully saturated rings. The summed E-state index contributed by atoms with van der Waals surface area (Å²) in [6.45, 7) is 3.92. The fourth-order valence-electron chi connectivity index (χ4n) is 4.57. The van der Waals surface area contributed by atoms with Gasteiger partial charge in [-0.05, 0) is 74.2 Å². The van der Waals surface area contributed by atoms with Crippen molar-refractivity contribution < 1.29 is 9.90 Å². The summed E-state index contributed by atoms with van der Waals surface area (Å²) >= 11 is 0. The normalized spacial score (nSPS) is 27.1. The highest BCUT2D eigenvalue weighted by Crippen LogP contribution is 2.59. The molecule has 1 amide bonds. The van der Waals surface area contributed by atoms with E-state index in [9.17, 15) is 9.90 Å². The Bertz CT molecular complexity index is 570. The summed E-state index contributed by atoms with van der Waals surface area (Å²) in [5, 5.41) is 12.8. The Kier molecular flexibility index (Phi) is 3.80. The van der Waals surface area contributed by atoms with Crippen LogP contribution in [0.1, 0.15) is 43.6 Å². The van der Waals surface area contributed by atoms with E-state index >= 15 is 0 Å². The molecule has 1 atom stereocenters. The van der Waals surface area contributed by atoms with Crippen molar-refractivity contribution in [1.29, 1.82) is 0 Å². The Balaban J connectivity index is 1.33. The van der Waals surface area contributed by atoms with Crippen molar-refractivity contribution in [2.24, 2.45) is 11.3 Å². The van der Waals surface area contributed by atoms with Crippen molar-refractivity contribution in [1.82, 2.24) is 10.2 Å². The summed E-state index contributed by atoms with van der Waals surface area (Å²) in [6.07, 6.45) is 5.54. The zero-order valence-corrected chi connectivity index (χ0v) is 13.6. The quantitative estimate of drug-likeness (QED) is 0.882. The Morgan fingerprint density at radius 1 is 1.13 bits per heavy atom. The number of nitrogens with zero attached hydrogens (tertiary/aromatic N) is 1. The molecule has 4 nitrogen and oxygen atoms in total. The summed E-state index contributed by atoms with van der Waals surface area (Å²) < 4.78 is 0. The first-order valence-electron chi connectivity index (χ1n) is 8.96. The van der Waals surface area contributed by atoms with E-state index in [1.165, 1.54) is 18.4 Å². The molecule has 0 bridgehead atoms. The molecule has 124 valence electrons. The minimum Gasteiger partial charge on any atom is -0.508 e. The van der Waals surface area contributed by atoms with E-state index in [-0.39, 0.29) is 0 Å². The Morgan fingerprint density at radius 2 is 1.78 bits per heavy atom. The van der Waals surface area contributed by atoms with E-state index in [1.54, 1.807) is 12.1 Å². The van der Waals surface area contributed by atoms with Crippen LogP contribution in [0.5, 0.6) is 5.75 Å². The predicted octanol–water partition coefficient (Wildman–Crippen LogP) is 2.49. The van der Waals surface area contributed by atoms with Crippen LogP contribution in [0.2, 0.25) is 0 Å². The van der Waals surface area contributed by atoms with Crippen molar-refractivity contribution >= 4 is 5.91 Å². The molecule has 2 N–H and O–H groups in total. The molecule has 1 aromatic carbocycles. The maximum Gasteiger partial charge on any atom is 0.226 e. The fraction of sp³-hybridized carbons (Fsp3) is 0.632. The van der Waals surface area contributed by atoms with E-state index in [0.29, 0.717) is 28.9 Å². The van der Waals surface area contributed by atoms with Crippen molar-refractivity contribution in [2.45, 2.75) is 38.0 Å². The largest absolute Gasteiger partial charge is 0.508 e. The highest BCUT2D eigenvalue weighted by molar-refractivity contribution is 5.83. The molecule has 1 aromatic rings. The number of hydrogen-bond acceptors (Lipinski definition) is 3. The predicted molar refractivity (Wildman–Crippen MR) is 89.3 cm³/mol. The molecule has 2 saturated heterocycles. The van der Waals surface area contributed by atoms with E-state index in [2.05, 4.69) is 10.2 Å². The monoisotopic (exact) mass is 314 g/mol. The smallest absolute Gasteiger partial charge is 0.226 e. The molecule has 2 heterocycles. The van der Waals surface area contributed by atoms with Gasteiger partial charge >= 0.3 is 0 Å². The zero-order valence-electron chi connectivity index (χ0n) is 13.6. The molecule has 0 radical (unpaired) electrons. The van der Waals surface area contributed by atoms with Gasteiger partial charge in [-0.25, -0.2) is 0 Å². The number of carbonyl (C=O) groups is 1. The summed E-state index contributed by atoms with van der Waals surface area (Å²) in [5.74, 6) is 1.56. The molecule has 1 aliphatic carbocycles. The number of rotatable bonds is 2. The van der Waals surface area contributed by atoms with Gasteiger partial charge in [-0.2, -0.15) is 0 Å². The number of benzene rings is 1. The van der Waals surface area contributed by atoms with Gasteiger partial charge < -0.3 is 15.3 Å². The summed E-state index contributed by atoms with van der Waals surface area (Å²) in [4.78, 5) is 14.9. The van der Waals surface area contributed by atoms with Gasteiger partial charge in [-0.1, -0.05) is 12.1 Å². The van der Waals surface area contributed by atoms with Gasteiger partial charge in [0.15, 0.2) is 0 Å². The number of nitrogens with one attached hydrogen (secondary N) is 1. The van der Waals surface area contributed by atoms with Crippen LogP contribution in [-0.4, -0.2) is 42.1 Å². The average molecular weight is 314 g/mol. The van der Waals surface area contributed by atoms with Gasteiger partial charge in [0.1, 0.15) is 5.75 Å². The summed E-state index contributed by atoms with van der Waals surface area (Å²) in [7, 11) is 0. The van der Waals surface area contributed by atoms with Crippen molar-refractivity contribution in [2.75, 3.05) is 26.2 Å². The van der Waals surface area contributed by atoms with E-state index in [1.807, 2.05) is 12.1 Å². The molecular formula is C19H26N2O2. The third kappa shape index (κ3) is 2.85. The molecule has 23 heavy (non-hydrogen) atoms. The molecule has 1 unspecified atom stereocenters. The highest BCUT2D eigenvalue weighted by atomic mass is 16.3. The molecule has 4 rings (SSSR count). The number of likely N-dealkylation sites (tertiary alicyclic amines) is 1. The maximum atomic E-state index is 12.8. The van der Waals surface area contributed by atoms with Crippen LogP contribution in [0.3, 0.4) is 0 Å². The second kappa shape index (κ2) is 5.82. The topological polar surface area (TPSA) is 52.6 Å². The third-order valence-electron chi connectivity index (χ3n) is 6.26. The number of aromatic hydroxyl groups is 1. The molecule has 1 spiro atoms. The fourth-order valence-corrected chi connectivity index (χ4v) is 4.57. The zero-order chi connectivity index (χ0) is 15.9. The van der Waals surface area contributed by atoms with Gasteiger partial charge in [0.2, 0.25) is 5.91 Å². The highest BCUT2D eigenvalue weighted by Gasteiger charge is 2.58. The van der Waals surface area contributed by atoms with Gasteiger partial charge in [-0.15, -0.1) is 0 Å². The number of phenols is 1. The SMILES string of the molecule is O=C(C1CC12CCNCC2)N1CCC(c2ccc(O)cc2)CC1. The lowest BCUT2D eigenvalue weighted by Crippen LogP contribution is -2.40. The first kappa shape index (κ1) is 15.0. The number of phenolic OH excluding ortho intramolecular Hbond substituents is 1. The lowest BCUT2D eigenvalue weighted by atomic mass is 9.88. The van der Waals surface area contributed by atoms with Crippen LogP contribution in [0.25, 0.3) is 0 Å². The molecule has 4 heteroatoms. The Labute approximate surface area is 137 Å². The van der Waals surface area contributed by atoms with E-state index in [4.69, 9.17) is 0 Å². The van der Waals surface area contributed by atoms with E-state index in [0.717, 1.165) is 45.4 Å². The first-order chi connectivity index (χ1) is 11.2. The Morgan fingerprint density at radius 3 is 2.43 bits per heavy atom.